The highest BCUT2D eigenvalue weighted by atomic mass is 19.3. The van der Waals surface area contributed by atoms with Gasteiger partial charge in [0.2, 0.25) is 11.9 Å². The first-order valence-corrected chi connectivity index (χ1v) is 5.54. The van der Waals surface area contributed by atoms with Gasteiger partial charge in [-0.25, -0.2) is 14.6 Å². The van der Waals surface area contributed by atoms with E-state index in [4.69, 9.17) is 10.6 Å². The molecule has 1 aromatic rings. The molecule has 7 nitrogen and oxygen atoms in total. The molecule has 0 bridgehead atoms. The van der Waals surface area contributed by atoms with Gasteiger partial charge in [0.05, 0.1) is 12.6 Å². The van der Waals surface area contributed by atoms with Crippen molar-refractivity contribution in [3.63, 3.8) is 0 Å². The number of hydrogen-bond donors (Lipinski definition) is 3. The minimum Gasteiger partial charge on any atom is -0.461 e. The average molecular weight is 298 g/mol. The zero-order chi connectivity index (χ0) is 15.3. The summed E-state index contributed by atoms with van der Waals surface area (Å²) in [5.74, 6) is 0.376. The number of nitrogens with two attached hydrogens (primary N) is 1. The zero-order valence-electron chi connectivity index (χ0n) is 10.7. The van der Waals surface area contributed by atoms with Crippen molar-refractivity contribution in [3.05, 3.63) is 0 Å². The fourth-order valence-electron chi connectivity index (χ4n) is 1.04. The maximum absolute atomic E-state index is 12.8. The lowest BCUT2D eigenvalue weighted by atomic mass is 10.3. The number of halogens is 4. The molecule has 0 saturated heterocycles. The van der Waals surface area contributed by atoms with Crippen molar-refractivity contribution in [2.45, 2.75) is 32.3 Å². The Morgan fingerprint density at radius 1 is 1.20 bits per heavy atom. The van der Waals surface area contributed by atoms with E-state index in [0.29, 0.717) is 0 Å². The summed E-state index contributed by atoms with van der Waals surface area (Å²) in [6.45, 7) is 2.05. The third-order valence-electron chi connectivity index (χ3n) is 1.89. The Bertz CT molecular complexity index is 444. The van der Waals surface area contributed by atoms with E-state index in [0.717, 1.165) is 0 Å². The van der Waals surface area contributed by atoms with E-state index in [1.54, 1.807) is 13.8 Å². The largest absolute Gasteiger partial charge is 0.461 e. The van der Waals surface area contributed by atoms with Crippen molar-refractivity contribution < 1.29 is 22.3 Å². The molecule has 1 aromatic heterocycles. The lowest BCUT2D eigenvalue weighted by Crippen LogP contribution is -2.35. The van der Waals surface area contributed by atoms with Crippen LogP contribution in [0.15, 0.2) is 0 Å². The van der Waals surface area contributed by atoms with E-state index in [1.165, 1.54) is 0 Å². The number of rotatable bonds is 7. The van der Waals surface area contributed by atoms with Gasteiger partial charge in [0.15, 0.2) is 0 Å². The standard InChI is InChI=1S/C9H14F4N6O/c1-4(2)20-8-17-6(16-7(18-8)19-14)15-3-9(12,13)5(10)11/h4-5H,3,14H2,1-2H3,(H2,15,16,17,18,19). The highest BCUT2D eigenvalue weighted by Crippen LogP contribution is 2.23. The molecule has 1 rings (SSSR count). The number of ether oxygens (including phenoxy) is 1. The van der Waals surface area contributed by atoms with Crippen LogP contribution in [-0.4, -0.2) is 39.9 Å². The maximum atomic E-state index is 12.8. The topological polar surface area (TPSA) is 98.0 Å². The number of aromatic nitrogens is 3. The summed E-state index contributed by atoms with van der Waals surface area (Å²) < 4.78 is 54.7. The second-order valence-corrected chi connectivity index (χ2v) is 3.99. The highest BCUT2D eigenvalue weighted by molar-refractivity contribution is 5.35. The van der Waals surface area contributed by atoms with Crippen LogP contribution in [0.25, 0.3) is 0 Å². The van der Waals surface area contributed by atoms with E-state index in [1.807, 2.05) is 5.32 Å². The molecule has 0 aliphatic carbocycles. The summed E-state index contributed by atoms with van der Waals surface area (Å²) in [7, 11) is 0. The molecule has 114 valence electrons. The fraction of sp³-hybridized carbons (Fsp3) is 0.667. The number of nitrogens with zero attached hydrogens (tertiary/aromatic N) is 3. The first kappa shape index (κ1) is 16.1. The van der Waals surface area contributed by atoms with Crippen LogP contribution >= 0.6 is 0 Å². The molecule has 0 atom stereocenters. The third kappa shape index (κ3) is 4.64. The second kappa shape index (κ2) is 6.50. The van der Waals surface area contributed by atoms with Gasteiger partial charge in [0.1, 0.15) is 0 Å². The summed E-state index contributed by atoms with van der Waals surface area (Å²) in [5.41, 5.74) is 2.08. The first-order valence-electron chi connectivity index (χ1n) is 5.54. The van der Waals surface area contributed by atoms with Crippen LogP contribution in [0, 0.1) is 0 Å². The van der Waals surface area contributed by atoms with E-state index in [2.05, 4.69) is 20.4 Å². The molecule has 4 N–H and O–H groups in total. The van der Waals surface area contributed by atoms with Crippen LogP contribution in [0.5, 0.6) is 6.01 Å². The number of alkyl halides is 4. The minimum absolute atomic E-state index is 0.154. The highest BCUT2D eigenvalue weighted by Gasteiger charge is 2.40. The monoisotopic (exact) mass is 298 g/mol. The SMILES string of the molecule is CC(C)Oc1nc(NN)nc(NCC(F)(F)C(F)F)n1. The molecule has 0 aliphatic rings. The Balaban J connectivity index is 2.83. The molecular formula is C9H14F4N6O. The molecule has 0 fully saturated rings. The van der Waals surface area contributed by atoms with Gasteiger partial charge >= 0.3 is 18.4 Å². The zero-order valence-corrected chi connectivity index (χ0v) is 10.7. The fourth-order valence-corrected chi connectivity index (χ4v) is 1.04. The van der Waals surface area contributed by atoms with Crippen molar-refractivity contribution in [3.8, 4) is 6.01 Å². The molecule has 0 radical (unpaired) electrons. The number of hydrazine groups is 1. The number of nitrogen functional groups attached to an aromatic ring is 1. The normalized spacial score (nSPS) is 11.8. The maximum Gasteiger partial charge on any atom is 0.324 e. The Labute approximate surface area is 111 Å². The Kier molecular flexibility index (Phi) is 5.25. The third-order valence-corrected chi connectivity index (χ3v) is 1.89. The Hall–Kier alpha value is -1.91. The van der Waals surface area contributed by atoms with Crippen LogP contribution < -0.4 is 21.3 Å². The van der Waals surface area contributed by atoms with Crippen LogP contribution in [-0.2, 0) is 0 Å². The molecule has 0 aromatic carbocycles. The smallest absolute Gasteiger partial charge is 0.324 e. The van der Waals surface area contributed by atoms with Gasteiger partial charge < -0.3 is 10.1 Å². The van der Waals surface area contributed by atoms with Gasteiger partial charge in [-0.3, -0.25) is 5.43 Å². The Morgan fingerprint density at radius 3 is 2.30 bits per heavy atom. The minimum atomic E-state index is -4.21. The van der Waals surface area contributed by atoms with Crippen LogP contribution in [0.3, 0.4) is 0 Å². The molecule has 0 amide bonds. The molecule has 11 heteroatoms. The van der Waals surface area contributed by atoms with Gasteiger partial charge in [0.25, 0.3) is 0 Å². The second-order valence-electron chi connectivity index (χ2n) is 3.99. The molecule has 0 saturated carbocycles. The summed E-state index contributed by atoms with van der Waals surface area (Å²) in [4.78, 5) is 11.0. The number of nitrogens with one attached hydrogen (secondary N) is 2. The molecule has 0 aliphatic heterocycles. The molecule has 1 heterocycles. The van der Waals surface area contributed by atoms with Crippen molar-refractivity contribution in [2.24, 2.45) is 5.84 Å². The van der Waals surface area contributed by atoms with Gasteiger partial charge in [-0.05, 0) is 13.8 Å². The predicted octanol–water partition coefficient (Wildman–Crippen LogP) is 1.26. The number of anilines is 2. The van der Waals surface area contributed by atoms with Crippen LogP contribution in [0.4, 0.5) is 29.5 Å². The van der Waals surface area contributed by atoms with Crippen molar-refractivity contribution in [1.82, 2.24) is 15.0 Å². The van der Waals surface area contributed by atoms with Crippen molar-refractivity contribution in [1.29, 1.82) is 0 Å². The first-order chi connectivity index (χ1) is 9.24. The lowest BCUT2D eigenvalue weighted by molar-refractivity contribution is -0.117. The van der Waals surface area contributed by atoms with E-state index < -0.39 is 18.9 Å². The number of hydrogen-bond acceptors (Lipinski definition) is 7. The summed E-state index contributed by atoms with van der Waals surface area (Å²) >= 11 is 0. The predicted molar refractivity (Wildman–Crippen MR) is 62.8 cm³/mol. The van der Waals surface area contributed by atoms with Crippen LogP contribution in [0.2, 0.25) is 0 Å². The van der Waals surface area contributed by atoms with Gasteiger partial charge in [-0.1, -0.05) is 0 Å². The molecule has 20 heavy (non-hydrogen) atoms. The average Bonchev–Trinajstić information content (AvgIpc) is 2.35. The summed E-state index contributed by atoms with van der Waals surface area (Å²) in [6, 6.07) is -0.175. The molecule has 0 spiro atoms. The molecule has 0 unspecified atom stereocenters. The Morgan fingerprint density at radius 2 is 1.80 bits per heavy atom. The molecular weight excluding hydrogens is 284 g/mol. The van der Waals surface area contributed by atoms with E-state index in [-0.39, 0.29) is 24.0 Å². The van der Waals surface area contributed by atoms with Crippen LogP contribution in [0.1, 0.15) is 13.8 Å². The van der Waals surface area contributed by atoms with Crippen molar-refractivity contribution >= 4 is 11.9 Å². The van der Waals surface area contributed by atoms with Gasteiger partial charge in [-0.2, -0.15) is 23.7 Å². The summed E-state index contributed by atoms with van der Waals surface area (Å²) in [6.07, 6.45) is -4.08. The lowest BCUT2D eigenvalue weighted by Gasteiger charge is -2.16. The van der Waals surface area contributed by atoms with Gasteiger partial charge in [0, 0.05) is 0 Å². The van der Waals surface area contributed by atoms with Crippen molar-refractivity contribution in [2.75, 3.05) is 17.3 Å². The van der Waals surface area contributed by atoms with E-state index in [9.17, 15) is 17.6 Å². The van der Waals surface area contributed by atoms with E-state index >= 15 is 0 Å². The summed E-state index contributed by atoms with van der Waals surface area (Å²) in [5, 5.41) is 1.99. The van der Waals surface area contributed by atoms with Gasteiger partial charge in [-0.15, -0.1) is 0 Å². The quantitative estimate of drug-likeness (QED) is 0.396.